The molecule has 130 valence electrons. The van der Waals surface area contributed by atoms with Crippen molar-refractivity contribution < 1.29 is 19.1 Å². The number of urea groups is 1. The van der Waals surface area contributed by atoms with Gasteiger partial charge in [0.1, 0.15) is 5.82 Å². The van der Waals surface area contributed by atoms with Crippen molar-refractivity contribution >= 4 is 17.7 Å². The molecule has 0 radical (unpaired) electrons. The third kappa shape index (κ3) is 3.96. The number of carbonyl (C=O) groups is 2. The van der Waals surface area contributed by atoms with Crippen LogP contribution in [0.1, 0.15) is 17.5 Å². The average molecular weight is 342 g/mol. The van der Waals surface area contributed by atoms with Crippen LogP contribution >= 0.6 is 0 Å². The number of nitrogens with zero attached hydrogens (tertiary/aromatic N) is 2. The number of hydrogen-bond acceptors (Lipinski definition) is 2. The summed E-state index contributed by atoms with van der Waals surface area (Å²) in [4.78, 5) is 27.0. The number of carbonyl (C=O) groups excluding carboxylic acids is 1. The maximum Gasteiger partial charge on any atom is 0.324 e. The molecule has 0 fully saturated rings. The summed E-state index contributed by atoms with van der Waals surface area (Å²) in [5.41, 5.74) is 2.58. The zero-order chi connectivity index (χ0) is 17.8. The van der Waals surface area contributed by atoms with Crippen molar-refractivity contribution in [3.63, 3.8) is 0 Å². The van der Waals surface area contributed by atoms with Gasteiger partial charge in [0, 0.05) is 25.3 Å². The molecule has 6 heteroatoms. The van der Waals surface area contributed by atoms with Gasteiger partial charge in [-0.1, -0.05) is 30.3 Å². The molecule has 0 aliphatic carbocycles. The first-order valence-electron chi connectivity index (χ1n) is 8.15. The van der Waals surface area contributed by atoms with E-state index in [2.05, 4.69) is 0 Å². The van der Waals surface area contributed by atoms with Gasteiger partial charge in [0.05, 0.1) is 6.42 Å². The van der Waals surface area contributed by atoms with Gasteiger partial charge in [-0.15, -0.1) is 0 Å². The van der Waals surface area contributed by atoms with Crippen LogP contribution in [0.25, 0.3) is 0 Å². The van der Waals surface area contributed by atoms with Gasteiger partial charge in [-0.3, -0.25) is 9.69 Å². The number of para-hydroxylation sites is 1. The molecule has 0 unspecified atom stereocenters. The fourth-order valence-electron chi connectivity index (χ4n) is 3.04. The van der Waals surface area contributed by atoms with Gasteiger partial charge < -0.3 is 10.0 Å². The van der Waals surface area contributed by atoms with Gasteiger partial charge in [0.25, 0.3) is 0 Å². The van der Waals surface area contributed by atoms with Gasteiger partial charge in [0.15, 0.2) is 0 Å². The minimum atomic E-state index is -0.973. The molecule has 2 amide bonds. The molecule has 0 bridgehead atoms. The molecule has 3 rings (SSSR count). The van der Waals surface area contributed by atoms with E-state index in [0.717, 1.165) is 17.7 Å². The van der Waals surface area contributed by atoms with E-state index in [1.807, 2.05) is 24.3 Å². The van der Waals surface area contributed by atoms with Crippen LogP contribution in [0.3, 0.4) is 0 Å². The highest BCUT2D eigenvalue weighted by Crippen LogP contribution is 2.28. The number of rotatable bonds is 5. The van der Waals surface area contributed by atoms with Gasteiger partial charge in [-0.05, 0) is 35.7 Å². The molecule has 1 aliphatic heterocycles. The molecule has 2 aromatic carbocycles. The number of carboxylic acid groups (broad SMARTS) is 1. The average Bonchev–Trinajstić information content (AvgIpc) is 3.02. The van der Waals surface area contributed by atoms with Gasteiger partial charge >= 0.3 is 12.0 Å². The molecule has 25 heavy (non-hydrogen) atoms. The van der Waals surface area contributed by atoms with Crippen LogP contribution in [0.5, 0.6) is 0 Å². The second-order valence-corrected chi connectivity index (χ2v) is 6.01. The minimum Gasteiger partial charge on any atom is -0.481 e. The Morgan fingerprint density at radius 1 is 1.16 bits per heavy atom. The van der Waals surface area contributed by atoms with Crippen molar-refractivity contribution in [2.45, 2.75) is 19.4 Å². The molecule has 5 nitrogen and oxygen atoms in total. The van der Waals surface area contributed by atoms with E-state index >= 15 is 0 Å². The van der Waals surface area contributed by atoms with E-state index in [1.165, 1.54) is 17.0 Å². The molecule has 1 heterocycles. The highest BCUT2D eigenvalue weighted by Gasteiger charge is 2.28. The van der Waals surface area contributed by atoms with Gasteiger partial charge in [-0.25, -0.2) is 9.18 Å². The lowest BCUT2D eigenvalue weighted by atomic mass is 10.2. The molecule has 2 aromatic rings. The standard InChI is InChI=1S/C19H19FN2O3/c20-16-6-3-4-14(12-16)13-21(10-9-18(23)24)19(25)22-11-8-15-5-1-2-7-17(15)22/h1-7,12H,8-11,13H2,(H,23,24). The Morgan fingerprint density at radius 2 is 1.96 bits per heavy atom. The Kier molecular flexibility index (Phi) is 4.97. The Bertz CT molecular complexity index is 794. The summed E-state index contributed by atoms with van der Waals surface area (Å²) in [7, 11) is 0. The molecule has 0 atom stereocenters. The zero-order valence-electron chi connectivity index (χ0n) is 13.7. The Labute approximate surface area is 145 Å². The Hall–Kier alpha value is -2.89. The first kappa shape index (κ1) is 17.0. The normalized spacial score (nSPS) is 12.8. The Balaban J connectivity index is 1.81. The molecule has 0 saturated carbocycles. The molecular weight excluding hydrogens is 323 g/mol. The quantitative estimate of drug-likeness (QED) is 0.907. The molecule has 1 aliphatic rings. The fraction of sp³-hybridized carbons (Fsp3) is 0.263. The minimum absolute atomic E-state index is 0.0728. The van der Waals surface area contributed by atoms with Crippen molar-refractivity contribution in [1.82, 2.24) is 4.90 Å². The number of hydrogen-bond donors (Lipinski definition) is 1. The number of aliphatic carboxylic acids is 1. The number of halogens is 1. The summed E-state index contributed by atoms with van der Waals surface area (Å²) in [5.74, 6) is -1.35. The van der Waals surface area contributed by atoms with E-state index in [0.29, 0.717) is 12.1 Å². The van der Waals surface area contributed by atoms with Crippen molar-refractivity contribution in [3.05, 3.63) is 65.5 Å². The lowest BCUT2D eigenvalue weighted by Crippen LogP contribution is -2.43. The highest BCUT2D eigenvalue weighted by atomic mass is 19.1. The van der Waals surface area contributed by atoms with Crippen molar-refractivity contribution in [2.24, 2.45) is 0 Å². The molecular formula is C19H19FN2O3. The first-order chi connectivity index (χ1) is 12.0. The number of anilines is 1. The van der Waals surface area contributed by atoms with Crippen molar-refractivity contribution in [2.75, 3.05) is 18.0 Å². The number of amides is 2. The second-order valence-electron chi connectivity index (χ2n) is 6.01. The molecule has 1 N–H and O–H groups in total. The smallest absolute Gasteiger partial charge is 0.324 e. The van der Waals surface area contributed by atoms with Crippen LogP contribution in [-0.4, -0.2) is 35.1 Å². The predicted molar refractivity (Wildman–Crippen MR) is 92.0 cm³/mol. The lowest BCUT2D eigenvalue weighted by molar-refractivity contribution is -0.137. The lowest BCUT2D eigenvalue weighted by Gasteiger charge is -2.28. The van der Waals surface area contributed by atoms with E-state index in [4.69, 9.17) is 5.11 Å². The van der Waals surface area contributed by atoms with Crippen LogP contribution in [-0.2, 0) is 17.8 Å². The third-order valence-electron chi connectivity index (χ3n) is 4.25. The van der Waals surface area contributed by atoms with Crippen molar-refractivity contribution in [3.8, 4) is 0 Å². The first-order valence-corrected chi connectivity index (χ1v) is 8.15. The summed E-state index contributed by atoms with van der Waals surface area (Å²) in [6, 6.07) is 13.4. The highest BCUT2D eigenvalue weighted by molar-refractivity contribution is 5.94. The third-order valence-corrected chi connectivity index (χ3v) is 4.25. The van der Waals surface area contributed by atoms with E-state index in [1.54, 1.807) is 17.0 Å². The van der Waals surface area contributed by atoms with Gasteiger partial charge in [-0.2, -0.15) is 0 Å². The largest absolute Gasteiger partial charge is 0.481 e. The monoisotopic (exact) mass is 342 g/mol. The zero-order valence-corrected chi connectivity index (χ0v) is 13.7. The number of carboxylic acids is 1. The summed E-state index contributed by atoms with van der Waals surface area (Å²) in [6.45, 7) is 0.802. The predicted octanol–water partition coefficient (Wildman–Crippen LogP) is 3.29. The van der Waals surface area contributed by atoms with Crippen LogP contribution in [0.15, 0.2) is 48.5 Å². The van der Waals surface area contributed by atoms with Crippen LogP contribution in [0.2, 0.25) is 0 Å². The summed E-state index contributed by atoms with van der Waals surface area (Å²) >= 11 is 0. The van der Waals surface area contributed by atoms with E-state index in [-0.39, 0.29) is 31.4 Å². The SMILES string of the molecule is O=C(O)CCN(Cc1cccc(F)c1)C(=O)N1CCc2ccccc21. The Morgan fingerprint density at radius 3 is 2.72 bits per heavy atom. The summed E-state index contributed by atoms with van der Waals surface area (Å²) < 4.78 is 13.4. The van der Waals surface area contributed by atoms with Crippen molar-refractivity contribution in [1.29, 1.82) is 0 Å². The number of benzene rings is 2. The van der Waals surface area contributed by atoms with E-state index < -0.39 is 5.97 Å². The molecule has 0 saturated heterocycles. The number of fused-ring (bicyclic) bond motifs is 1. The van der Waals surface area contributed by atoms with Crippen LogP contribution in [0.4, 0.5) is 14.9 Å². The summed E-state index contributed by atoms with van der Waals surface area (Å²) in [5, 5.41) is 8.97. The van der Waals surface area contributed by atoms with E-state index in [9.17, 15) is 14.0 Å². The van der Waals surface area contributed by atoms with Gasteiger partial charge in [0.2, 0.25) is 0 Å². The van der Waals surface area contributed by atoms with Crippen LogP contribution in [0, 0.1) is 5.82 Å². The maximum atomic E-state index is 13.4. The second kappa shape index (κ2) is 7.34. The molecule has 0 aromatic heterocycles. The molecule has 0 spiro atoms. The topological polar surface area (TPSA) is 60.9 Å². The maximum absolute atomic E-state index is 13.4. The van der Waals surface area contributed by atoms with Crippen LogP contribution < -0.4 is 4.90 Å². The summed E-state index contributed by atoms with van der Waals surface area (Å²) in [6.07, 6.45) is 0.616. The fourth-order valence-corrected chi connectivity index (χ4v) is 3.04.